The minimum Gasteiger partial charge on any atom is -0.481 e. The molecule has 0 aliphatic carbocycles. The Morgan fingerprint density at radius 1 is 1.15 bits per heavy atom. The minimum atomic E-state index is -0.789. The van der Waals surface area contributed by atoms with Gasteiger partial charge in [0.2, 0.25) is 5.96 Å². The molecule has 4 rings (SSSR count). The van der Waals surface area contributed by atoms with Crippen LogP contribution in [0.2, 0.25) is 10.0 Å². The number of aliphatic imine (C=N–C) groups is 2. The van der Waals surface area contributed by atoms with E-state index >= 15 is 4.39 Å². The predicted molar refractivity (Wildman–Crippen MR) is 160 cm³/mol. The second-order valence-electron chi connectivity index (χ2n) is 10.5. The van der Waals surface area contributed by atoms with E-state index in [1.807, 2.05) is 4.90 Å². The number of rotatable bonds is 8. The van der Waals surface area contributed by atoms with E-state index in [-0.39, 0.29) is 18.2 Å². The van der Waals surface area contributed by atoms with Crippen LogP contribution in [0, 0.1) is 11.7 Å². The van der Waals surface area contributed by atoms with Crippen molar-refractivity contribution in [3.05, 3.63) is 57.7 Å². The number of allylic oxidation sites excluding steroid dienone is 1. The molecule has 41 heavy (non-hydrogen) atoms. The number of piperidine rings is 1. The first-order chi connectivity index (χ1) is 19.6. The van der Waals surface area contributed by atoms with E-state index in [1.165, 1.54) is 6.20 Å². The Morgan fingerprint density at radius 2 is 1.80 bits per heavy atom. The average Bonchev–Trinajstić information content (AvgIpc) is 2.92. The van der Waals surface area contributed by atoms with Gasteiger partial charge in [0.15, 0.2) is 5.82 Å². The number of halogens is 3. The van der Waals surface area contributed by atoms with E-state index in [0.717, 1.165) is 39.0 Å². The van der Waals surface area contributed by atoms with Crippen LogP contribution in [0.3, 0.4) is 0 Å². The fraction of sp³-hybridized carbons (Fsp3) is 0.448. The van der Waals surface area contributed by atoms with Crippen molar-refractivity contribution in [1.29, 1.82) is 0 Å². The number of aromatic nitrogens is 1. The van der Waals surface area contributed by atoms with Gasteiger partial charge in [0.1, 0.15) is 5.76 Å². The topological polar surface area (TPSA) is 93.9 Å². The van der Waals surface area contributed by atoms with Gasteiger partial charge in [-0.05, 0) is 76.8 Å². The maximum Gasteiger partial charge on any atom is 0.303 e. The summed E-state index contributed by atoms with van der Waals surface area (Å²) in [5.74, 6) is -0.624. The van der Waals surface area contributed by atoms with Crippen LogP contribution in [0.1, 0.15) is 31.7 Å². The summed E-state index contributed by atoms with van der Waals surface area (Å²) in [6.45, 7) is 10.3. The van der Waals surface area contributed by atoms with Crippen LogP contribution in [-0.4, -0.2) is 89.8 Å². The van der Waals surface area contributed by atoms with E-state index in [9.17, 15) is 4.79 Å². The van der Waals surface area contributed by atoms with Crippen LogP contribution in [0.25, 0.3) is 11.3 Å². The number of aliphatic carboxylic acids is 1. The lowest BCUT2D eigenvalue weighted by atomic mass is 9.93. The number of benzene rings is 1. The SMILES string of the molecule is C=NC(=N/C=C(\C)Oc1nc(-c2cc(Cl)cc(Cl)c2)cc(CN2CCC(CC(=O)O)CC2)c1F)N1CCN(C)CC1. The van der Waals surface area contributed by atoms with Crippen molar-refractivity contribution in [2.24, 2.45) is 15.9 Å². The lowest BCUT2D eigenvalue weighted by Gasteiger charge is -2.32. The fourth-order valence-corrected chi connectivity index (χ4v) is 5.51. The number of ether oxygens (including phenoxy) is 1. The van der Waals surface area contributed by atoms with Gasteiger partial charge in [-0.25, -0.2) is 19.4 Å². The Balaban J connectivity index is 1.59. The highest BCUT2D eigenvalue weighted by atomic mass is 35.5. The number of guanidine groups is 1. The summed E-state index contributed by atoms with van der Waals surface area (Å²) in [6.07, 6.45) is 3.12. The normalized spacial score (nSPS) is 18.0. The van der Waals surface area contributed by atoms with Crippen molar-refractivity contribution in [2.45, 2.75) is 32.7 Å². The van der Waals surface area contributed by atoms with Crippen molar-refractivity contribution in [2.75, 3.05) is 46.3 Å². The van der Waals surface area contributed by atoms with Crippen molar-refractivity contribution in [3.8, 4) is 17.1 Å². The zero-order valence-electron chi connectivity index (χ0n) is 23.3. The first-order valence-electron chi connectivity index (χ1n) is 13.5. The van der Waals surface area contributed by atoms with Crippen LogP contribution in [-0.2, 0) is 11.3 Å². The molecule has 1 aromatic carbocycles. The molecule has 0 atom stereocenters. The third kappa shape index (κ3) is 8.72. The molecule has 0 radical (unpaired) electrons. The number of carboxylic acid groups (broad SMARTS) is 1. The van der Waals surface area contributed by atoms with Gasteiger partial charge in [-0.1, -0.05) is 23.2 Å². The molecule has 2 aromatic rings. The predicted octanol–water partition coefficient (Wildman–Crippen LogP) is 5.43. The molecule has 0 bridgehead atoms. The van der Waals surface area contributed by atoms with Crippen molar-refractivity contribution in [3.63, 3.8) is 0 Å². The molecule has 0 unspecified atom stereocenters. The van der Waals surface area contributed by atoms with E-state index in [1.54, 1.807) is 31.2 Å². The largest absolute Gasteiger partial charge is 0.481 e. The Bertz CT molecular complexity index is 1300. The molecule has 0 spiro atoms. The molecule has 1 aromatic heterocycles. The number of nitrogens with zero attached hydrogens (tertiary/aromatic N) is 6. The molecule has 0 amide bonds. The molecule has 3 heterocycles. The molecule has 2 saturated heterocycles. The van der Waals surface area contributed by atoms with Crippen molar-refractivity contribution in [1.82, 2.24) is 19.7 Å². The van der Waals surface area contributed by atoms with E-state index in [0.29, 0.717) is 58.2 Å². The number of hydrogen-bond donors (Lipinski definition) is 1. The monoisotopic (exact) mass is 604 g/mol. The minimum absolute atomic E-state index is 0.128. The first kappa shape index (κ1) is 30.9. The Labute approximate surface area is 249 Å². The van der Waals surface area contributed by atoms with Crippen LogP contribution in [0.15, 0.2) is 46.2 Å². The van der Waals surface area contributed by atoms with Gasteiger partial charge < -0.3 is 19.6 Å². The molecule has 2 aliphatic heterocycles. The number of hydrogen-bond acceptors (Lipinski definition) is 6. The number of pyridine rings is 1. The van der Waals surface area contributed by atoms with Crippen LogP contribution in [0.4, 0.5) is 4.39 Å². The van der Waals surface area contributed by atoms with E-state index in [4.69, 9.17) is 33.0 Å². The molecular formula is C29H35Cl2FN6O3. The first-order valence-corrected chi connectivity index (χ1v) is 14.3. The molecular weight excluding hydrogens is 570 g/mol. The molecule has 1 N–H and O–H groups in total. The standard InChI is InChI=1S/C29H35Cl2FN6O3/c1-19(17-34-29(33-2)38-10-8-36(3)9-11-38)41-28-27(32)22(18-37-6-4-20(5-7-37)12-26(39)40)15-25(35-28)21-13-23(30)16-24(31)14-21/h13-17,20H,2,4-12,18H2,1,3H3,(H,39,40)/b19-17+,34-29?. The highest BCUT2D eigenvalue weighted by Crippen LogP contribution is 2.32. The smallest absolute Gasteiger partial charge is 0.303 e. The number of piperazine rings is 1. The summed E-state index contributed by atoms with van der Waals surface area (Å²) in [7, 11) is 2.07. The maximum atomic E-state index is 15.8. The van der Waals surface area contributed by atoms with Crippen LogP contribution < -0.4 is 4.74 Å². The molecule has 2 fully saturated rings. The van der Waals surface area contributed by atoms with Crippen LogP contribution in [0.5, 0.6) is 5.88 Å². The number of carboxylic acids is 1. The maximum absolute atomic E-state index is 15.8. The molecule has 2 aliphatic rings. The molecule has 0 saturated carbocycles. The highest BCUT2D eigenvalue weighted by Gasteiger charge is 2.24. The van der Waals surface area contributed by atoms with E-state index in [2.05, 4.69) is 38.5 Å². The Hall–Kier alpha value is -3.05. The molecule has 12 heteroatoms. The zero-order valence-corrected chi connectivity index (χ0v) is 24.8. The summed E-state index contributed by atoms with van der Waals surface area (Å²) in [4.78, 5) is 30.4. The average molecular weight is 606 g/mol. The second kappa shape index (κ2) is 14.2. The third-order valence-corrected chi connectivity index (χ3v) is 7.71. The van der Waals surface area contributed by atoms with Gasteiger partial charge in [-0.15, -0.1) is 0 Å². The van der Waals surface area contributed by atoms with Gasteiger partial charge in [0.05, 0.1) is 11.9 Å². The van der Waals surface area contributed by atoms with Gasteiger partial charge >= 0.3 is 5.97 Å². The Kier molecular flexibility index (Phi) is 10.7. The summed E-state index contributed by atoms with van der Waals surface area (Å²) in [6, 6.07) is 6.72. The number of likely N-dealkylation sites (tertiary alicyclic amines) is 1. The van der Waals surface area contributed by atoms with Crippen molar-refractivity contribution < 1.29 is 19.0 Å². The van der Waals surface area contributed by atoms with Gasteiger partial charge in [0, 0.05) is 60.3 Å². The summed E-state index contributed by atoms with van der Waals surface area (Å²) in [5, 5.41) is 9.98. The summed E-state index contributed by atoms with van der Waals surface area (Å²) in [5.41, 5.74) is 1.49. The summed E-state index contributed by atoms with van der Waals surface area (Å²) >= 11 is 12.5. The van der Waals surface area contributed by atoms with Gasteiger partial charge in [-0.2, -0.15) is 0 Å². The molecule has 220 valence electrons. The molecule has 9 nitrogen and oxygen atoms in total. The highest BCUT2D eigenvalue weighted by molar-refractivity contribution is 6.35. The number of likely N-dealkylation sites (N-methyl/N-ethyl adjacent to an activating group) is 1. The number of carbonyl (C=O) groups is 1. The van der Waals surface area contributed by atoms with E-state index < -0.39 is 11.8 Å². The lowest BCUT2D eigenvalue weighted by molar-refractivity contribution is -0.138. The fourth-order valence-electron chi connectivity index (χ4n) is 4.98. The zero-order chi connectivity index (χ0) is 29.5. The third-order valence-electron chi connectivity index (χ3n) is 7.27. The van der Waals surface area contributed by atoms with Crippen LogP contribution >= 0.6 is 23.2 Å². The van der Waals surface area contributed by atoms with Gasteiger partial charge in [0.25, 0.3) is 5.88 Å². The van der Waals surface area contributed by atoms with Crippen molar-refractivity contribution >= 4 is 41.8 Å². The van der Waals surface area contributed by atoms with Gasteiger partial charge in [-0.3, -0.25) is 9.69 Å². The quantitative estimate of drug-likeness (QED) is 0.244. The second-order valence-corrected chi connectivity index (χ2v) is 11.4. The Morgan fingerprint density at radius 3 is 2.41 bits per heavy atom. The summed E-state index contributed by atoms with van der Waals surface area (Å²) < 4.78 is 21.7. The lowest BCUT2D eigenvalue weighted by Crippen LogP contribution is -2.46.